The van der Waals surface area contributed by atoms with Crippen molar-refractivity contribution >= 4 is 17.9 Å². The Labute approximate surface area is 167 Å². The van der Waals surface area contributed by atoms with Gasteiger partial charge in [-0.25, -0.2) is 14.3 Å². The van der Waals surface area contributed by atoms with Crippen LogP contribution in [0, 0.1) is 6.92 Å². The molecule has 3 aromatic rings. The molecule has 148 valence electrons. The number of para-hydroxylation sites is 1. The van der Waals surface area contributed by atoms with Crippen LogP contribution in [-0.4, -0.2) is 34.3 Å². The summed E-state index contributed by atoms with van der Waals surface area (Å²) in [6.07, 6.45) is 1.38. The summed E-state index contributed by atoms with van der Waals surface area (Å²) in [5.41, 5.74) is 2.53. The first-order chi connectivity index (χ1) is 14.0. The van der Waals surface area contributed by atoms with Crippen molar-refractivity contribution in [1.29, 1.82) is 0 Å². The zero-order valence-corrected chi connectivity index (χ0v) is 15.8. The van der Waals surface area contributed by atoms with Crippen molar-refractivity contribution in [2.75, 3.05) is 6.61 Å². The molecule has 0 bridgehead atoms. The summed E-state index contributed by atoms with van der Waals surface area (Å²) in [7, 11) is 0. The molecule has 0 fully saturated rings. The minimum Gasteiger partial charge on any atom is -0.452 e. The third kappa shape index (κ3) is 5.29. The Morgan fingerprint density at radius 1 is 1.00 bits per heavy atom. The number of rotatable bonds is 6. The molecule has 2 N–H and O–H groups in total. The van der Waals surface area contributed by atoms with E-state index in [9.17, 15) is 14.4 Å². The van der Waals surface area contributed by atoms with Crippen LogP contribution in [0.1, 0.15) is 21.6 Å². The van der Waals surface area contributed by atoms with E-state index in [1.54, 1.807) is 11.6 Å². The highest BCUT2D eigenvalue weighted by atomic mass is 16.5. The number of carbonyl (C=O) groups is 3. The summed E-state index contributed by atoms with van der Waals surface area (Å²) in [6, 6.07) is 17.9. The molecule has 0 radical (unpaired) electrons. The van der Waals surface area contributed by atoms with Gasteiger partial charge in [-0.05, 0) is 24.6 Å². The van der Waals surface area contributed by atoms with Gasteiger partial charge in [0.25, 0.3) is 5.91 Å². The van der Waals surface area contributed by atoms with Crippen molar-refractivity contribution in [2.45, 2.75) is 13.5 Å². The van der Waals surface area contributed by atoms with E-state index in [1.165, 1.54) is 6.20 Å². The molecule has 1 aromatic heterocycles. The van der Waals surface area contributed by atoms with Crippen molar-refractivity contribution in [3.05, 3.63) is 83.7 Å². The van der Waals surface area contributed by atoms with E-state index >= 15 is 0 Å². The predicted octanol–water partition coefficient (Wildman–Crippen LogP) is 2.36. The third-order valence-corrected chi connectivity index (χ3v) is 4.11. The summed E-state index contributed by atoms with van der Waals surface area (Å²) in [5, 5.41) is 8.86. The van der Waals surface area contributed by atoms with Gasteiger partial charge in [-0.3, -0.25) is 10.1 Å². The van der Waals surface area contributed by atoms with E-state index < -0.39 is 24.5 Å². The number of nitrogens with zero attached hydrogens (tertiary/aromatic N) is 2. The first kappa shape index (κ1) is 19.8. The second kappa shape index (κ2) is 9.32. The topological polar surface area (TPSA) is 102 Å². The van der Waals surface area contributed by atoms with Crippen LogP contribution in [-0.2, 0) is 16.1 Å². The SMILES string of the molecule is Cc1c(C(=O)OCC(=O)NC(=O)NCc2ccccc2)cnn1-c1ccccc1. The standard InChI is InChI=1S/C21H20N4O4/c1-15-18(13-23-25(15)17-10-6-3-7-11-17)20(27)29-14-19(26)24-21(28)22-12-16-8-4-2-5-9-16/h2-11,13H,12,14H2,1H3,(H2,22,24,26,28). The van der Waals surface area contributed by atoms with Crippen LogP contribution in [0.15, 0.2) is 66.9 Å². The summed E-state index contributed by atoms with van der Waals surface area (Å²) in [6.45, 7) is 1.43. The number of esters is 1. The van der Waals surface area contributed by atoms with Crippen LogP contribution >= 0.6 is 0 Å². The first-order valence-corrected chi connectivity index (χ1v) is 8.93. The molecule has 0 spiro atoms. The fraction of sp³-hybridized carbons (Fsp3) is 0.143. The van der Waals surface area contributed by atoms with Crippen molar-refractivity contribution < 1.29 is 19.1 Å². The molecule has 29 heavy (non-hydrogen) atoms. The largest absolute Gasteiger partial charge is 0.452 e. The van der Waals surface area contributed by atoms with Gasteiger partial charge >= 0.3 is 12.0 Å². The van der Waals surface area contributed by atoms with Crippen molar-refractivity contribution in [1.82, 2.24) is 20.4 Å². The number of aromatic nitrogens is 2. The normalized spacial score (nSPS) is 10.2. The van der Waals surface area contributed by atoms with Crippen LogP contribution in [0.2, 0.25) is 0 Å². The molecule has 0 atom stereocenters. The zero-order chi connectivity index (χ0) is 20.6. The van der Waals surface area contributed by atoms with Gasteiger partial charge in [-0.2, -0.15) is 5.10 Å². The third-order valence-electron chi connectivity index (χ3n) is 4.11. The van der Waals surface area contributed by atoms with Gasteiger partial charge in [0.05, 0.1) is 17.6 Å². The summed E-state index contributed by atoms with van der Waals surface area (Å²) >= 11 is 0. The van der Waals surface area contributed by atoms with Crippen LogP contribution in [0.5, 0.6) is 0 Å². The van der Waals surface area contributed by atoms with E-state index in [0.717, 1.165) is 11.3 Å². The average Bonchev–Trinajstić information content (AvgIpc) is 3.13. The highest BCUT2D eigenvalue weighted by Gasteiger charge is 2.18. The van der Waals surface area contributed by atoms with E-state index in [2.05, 4.69) is 15.7 Å². The van der Waals surface area contributed by atoms with E-state index in [1.807, 2.05) is 60.7 Å². The molecule has 0 aliphatic rings. The number of hydrogen-bond acceptors (Lipinski definition) is 5. The number of amides is 3. The molecule has 0 saturated carbocycles. The summed E-state index contributed by atoms with van der Waals surface area (Å²) in [5.74, 6) is -1.42. The van der Waals surface area contributed by atoms with Crippen molar-refractivity contribution in [2.24, 2.45) is 0 Å². The Kier molecular flexibility index (Phi) is 6.36. The summed E-state index contributed by atoms with van der Waals surface area (Å²) < 4.78 is 6.60. The highest BCUT2D eigenvalue weighted by molar-refractivity contribution is 5.97. The molecule has 0 aliphatic carbocycles. The molecule has 3 amide bonds. The first-order valence-electron chi connectivity index (χ1n) is 8.93. The van der Waals surface area contributed by atoms with Gasteiger partial charge in [-0.15, -0.1) is 0 Å². The number of benzene rings is 2. The van der Waals surface area contributed by atoms with Gasteiger partial charge in [0.2, 0.25) is 0 Å². The fourth-order valence-corrected chi connectivity index (χ4v) is 2.63. The lowest BCUT2D eigenvalue weighted by Crippen LogP contribution is -2.41. The fourth-order valence-electron chi connectivity index (χ4n) is 2.63. The lowest BCUT2D eigenvalue weighted by atomic mass is 10.2. The minimum absolute atomic E-state index is 0.246. The Morgan fingerprint density at radius 3 is 2.34 bits per heavy atom. The number of nitrogens with one attached hydrogen (secondary N) is 2. The summed E-state index contributed by atoms with van der Waals surface area (Å²) in [4.78, 5) is 35.9. The van der Waals surface area contributed by atoms with Crippen LogP contribution in [0.4, 0.5) is 4.79 Å². The molecule has 0 saturated heterocycles. The maximum Gasteiger partial charge on any atom is 0.342 e. The molecule has 1 heterocycles. The quantitative estimate of drug-likeness (QED) is 0.627. The predicted molar refractivity (Wildman–Crippen MR) is 105 cm³/mol. The minimum atomic E-state index is -0.725. The number of imide groups is 1. The maximum atomic E-state index is 12.3. The number of carbonyl (C=O) groups excluding carboxylic acids is 3. The van der Waals surface area contributed by atoms with Gasteiger partial charge in [0, 0.05) is 6.54 Å². The molecule has 0 unspecified atom stereocenters. The van der Waals surface area contributed by atoms with Gasteiger partial charge in [-0.1, -0.05) is 48.5 Å². The van der Waals surface area contributed by atoms with Gasteiger partial charge < -0.3 is 10.1 Å². The Balaban J connectivity index is 1.48. The molecule has 3 rings (SSSR count). The van der Waals surface area contributed by atoms with Crippen LogP contribution in [0.3, 0.4) is 0 Å². The monoisotopic (exact) mass is 392 g/mol. The molecule has 2 aromatic carbocycles. The van der Waals surface area contributed by atoms with E-state index in [4.69, 9.17) is 4.74 Å². The molecule has 8 heteroatoms. The highest BCUT2D eigenvalue weighted by Crippen LogP contribution is 2.14. The van der Waals surface area contributed by atoms with Crippen LogP contribution in [0.25, 0.3) is 5.69 Å². The molecule has 0 aliphatic heterocycles. The van der Waals surface area contributed by atoms with Gasteiger partial charge in [0.15, 0.2) is 6.61 Å². The van der Waals surface area contributed by atoms with E-state index in [-0.39, 0.29) is 12.1 Å². The Hall–Kier alpha value is -3.94. The second-order valence-corrected chi connectivity index (χ2v) is 6.18. The zero-order valence-electron chi connectivity index (χ0n) is 15.8. The lowest BCUT2D eigenvalue weighted by molar-refractivity contribution is -0.123. The van der Waals surface area contributed by atoms with Crippen LogP contribution < -0.4 is 10.6 Å². The van der Waals surface area contributed by atoms with Crippen molar-refractivity contribution in [3.8, 4) is 5.69 Å². The van der Waals surface area contributed by atoms with Crippen molar-refractivity contribution in [3.63, 3.8) is 0 Å². The maximum absolute atomic E-state index is 12.3. The molecular weight excluding hydrogens is 372 g/mol. The Morgan fingerprint density at radius 2 is 1.66 bits per heavy atom. The van der Waals surface area contributed by atoms with E-state index in [0.29, 0.717) is 5.69 Å². The lowest BCUT2D eigenvalue weighted by Gasteiger charge is -2.08. The average molecular weight is 392 g/mol. The number of urea groups is 1. The Bertz CT molecular complexity index is 1000. The molecule has 8 nitrogen and oxygen atoms in total. The molecular formula is C21H20N4O4. The van der Waals surface area contributed by atoms with Gasteiger partial charge in [0.1, 0.15) is 5.56 Å². The number of hydrogen-bond donors (Lipinski definition) is 2. The second-order valence-electron chi connectivity index (χ2n) is 6.18. The number of ether oxygens (including phenoxy) is 1. The smallest absolute Gasteiger partial charge is 0.342 e.